The molecule has 1 aromatic heterocycles. The van der Waals surface area contributed by atoms with Crippen molar-refractivity contribution >= 4 is 33.6 Å². The first-order chi connectivity index (χ1) is 23.2. The van der Waals surface area contributed by atoms with Gasteiger partial charge in [-0.3, -0.25) is 9.52 Å². The minimum atomic E-state index is -4.68. The molecule has 0 saturated carbocycles. The maximum absolute atomic E-state index is 13.8. The zero-order chi connectivity index (χ0) is 35.8. The number of esters is 1. The Bertz CT molecular complexity index is 1780. The molecule has 0 saturated heterocycles. The fourth-order valence-electron chi connectivity index (χ4n) is 5.68. The van der Waals surface area contributed by atoms with Crippen LogP contribution in [0.3, 0.4) is 0 Å². The second kappa shape index (κ2) is 16.1. The van der Waals surface area contributed by atoms with Crippen LogP contribution < -0.4 is 10.0 Å². The lowest BCUT2D eigenvalue weighted by atomic mass is 9.83. The number of ketones is 1. The molecule has 262 valence electrons. The highest BCUT2D eigenvalue weighted by Gasteiger charge is 2.39. The first-order valence-electron chi connectivity index (χ1n) is 15.8. The van der Waals surface area contributed by atoms with Gasteiger partial charge in [-0.1, -0.05) is 56.3 Å². The molecule has 4 rings (SSSR count). The minimum absolute atomic E-state index is 0.0544. The molecule has 1 aliphatic heterocycles. The van der Waals surface area contributed by atoms with Crippen LogP contribution in [0.1, 0.15) is 69.1 Å². The summed E-state index contributed by atoms with van der Waals surface area (Å²) in [5, 5.41) is 1.77. The maximum Gasteiger partial charge on any atom is 0.417 e. The van der Waals surface area contributed by atoms with Crippen LogP contribution in [0.2, 0.25) is 0 Å². The lowest BCUT2D eigenvalue weighted by Gasteiger charge is -2.34. The fraction of sp³-hybridized carbons (Fsp3) is 0.371. The molecule has 2 aromatic carbocycles. The molecule has 0 radical (unpaired) electrons. The van der Waals surface area contributed by atoms with Crippen LogP contribution in [0.5, 0.6) is 0 Å². The highest BCUT2D eigenvalue weighted by atomic mass is 32.2. The number of rotatable bonds is 14. The first kappa shape index (κ1) is 37.1. The van der Waals surface area contributed by atoms with Gasteiger partial charge in [-0.2, -0.15) is 21.6 Å². The van der Waals surface area contributed by atoms with Crippen molar-refractivity contribution in [2.45, 2.75) is 76.1 Å². The Kier molecular flexibility index (Phi) is 12.2. The standard InChI is InChI=1S/C35H38F3N3O7S/c1-4-24(15-14-23-10-7-6-8-11-23)29-19-30(48-34(44)40-20-22(3)42)32(33(43)47-29)28(5-2)25-12-9-13-27(18-25)41-49(45,46)31-17-16-26(21-39-31)35(36,37)38/h6-13,16-18,21,24,28-29,41H,4-5,14-15,19-20H2,1-3H3,(H,40,44)/t24?,28-,29-/m1/s1. The number of aryl methyl sites for hydroxylation is 1. The smallest absolute Gasteiger partial charge is 0.417 e. The Morgan fingerprint density at radius 3 is 2.39 bits per heavy atom. The Morgan fingerprint density at radius 2 is 1.78 bits per heavy atom. The van der Waals surface area contributed by atoms with E-state index >= 15 is 0 Å². The second-order valence-electron chi connectivity index (χ2n) is 11.7. The number of anilines is 1. The van der Waals surface area contributed by atoms with Gasteiger partial charge in [0.25, 0.3) is 10.0 Å². The highest BCUT2D eigenvalue weighted by Crippen LogP contribution is 2.39. The lowest BCUT2D eigenvalue weighted by Crippen LogP contribution is -2.37. The van der Waals surface area contributed by atoms with Crippen LogP contribution >= 0.6 is 0 Å². The molecule has 0 fully saturated rings. The predicted molar refractivity (Wildman–Crippen MR) is 175 cm³/mol. The predicted octanol–water partition coefficient (Wildman–Crippen LogP) is 6.94. The number of halogens is 3. The molecule has 2 heterocycles. The number of sulfonamides is 1. The number of nitrogens with zero attached hydrogens (tertiary/aromatic N) is 1. The van der Waals surface area contributed by atoms with E-state index in [0.29, 0.717) is 37.1 Å². The molecule has 14 heteroatoms. The number of carbonyl (C=O) groups is 3. The van der Waals surface area contributed by atoms with E-state index in [2.05, 4.69) is 15.0 Å². The summed E-state index contributed by atoms with van der Waals surface area (Å²) in [6.07, 6.45) is -3.17. The molecule has 2 N–H and O–H groups in total. The summed E-state index contributed by atoms with van der Waals surface area (Å²) in [4.78, 5) is 41.5. The topological polar surface area (TPSA) is 141 Å². The van der Waals surface area contributed by atoms with E-state index in [1.165, 1.54) is 19.1 Å². The van der Waals surface area contributed by atoms with Gasteiger partial charge in [0.1, 0.15) is 17.6 Å². The Labute approximate surface area is 283 Å². The van der Waals surface area contributed by atoms with Crippen molar-refractivity contribution in [3.8, 4) is 0 Å². The van der Waals surface area contributed by atoms with Crippen LogP contribution in [0.15, 0.2) is 89.3 Å². The summed E-state index contributed by atoms with van der Waals surface area (Å²) in [7, 11) is -4.38. The molecule has 1 unspecified atom stereocenters. The van der Waals surface area contributed by atoms with Crippen molar-refractivity contribution in [1.29, 1.82) is 0 Å². The number of amides is 1. The summed E-state index contributed by atoms with van der Waals surface area (Å²) < 4.78 is 78.9. The zero-order valence-electron chi connectivity index (χ0n) is 27.2. The third-order valence-corrected chi connectivity index (χ3v) is 9.49. The van der Waals surface area contributed by atoms with E-state index < -0.39 is 50.9 Å². The number of alkyl halides is 3. The van der Waals surface area contributed by atoms with Crippen LogP contribution in [0, 0.1) is 5.92 Å². The third kappa shape index (κ3) is 9.91. The average Bonchev–Trinajstić information content (AvgIpc) is 3.05. The van der Waals surface area contributed by atoms with Crippen LogP contribution in [-0.4, -0.2) is 43.9 Å². The summed E-state index contributed by atoms with van der Waals surface area (Å²) in [5.74, 6) is -1.65. The molecule has 10 nitrogen and oxygen atoms in total. The molecule has 0 spiro atoms. The number of nitrogens with one attached hydrogen (secondary N) is 2. The van der Waals surface area contributed by atoms with Gasteiger partial charge in [0.2, 0.25) is 0 Å². The van der Waals surface area contributed by atoms with Gasteiger partial charge in [-0.15, -0.1) is 0 Å². The number of benzene rings is 2. The molecular weight excluding hydrogens is 663 g/mol. The SMILES string of the molecule is CCC(CCc1ccccc1)[C@H]1CC(OC(=O)NCC(C)=O)=C([C@H](CC)c2cccc(NS(=O)(=O)c3ccc(C(F)(F)F)cn3)c2)C(=O)O1. The normalized spacial score (nSPS) is 16.4. The highest BCUT2D eigenvalue weighted by molar-refractivity contribution is 7.92. The van der Waals surface area contributed by atoms with E-state index in [1.807, 2.05) is 37.3 Å². The van der Waals surface area contributed by atoms with E-state index in [9.17, 15) is 36.0 Å². The Hall–Kier alpha value is -4.72. The van der Waals surface area contributed by atoms with E-state index in [0.717, 1.165) is 18.1 Å². The van der Waals surface area contributed by atoms with Gasteiger partial charge in [-0.05, 0) is 73.9 Å². The summed E-state index contributed by atoms with van der Waals surface area (Å²) in [6, 6.07) is 17.4. The van der Waals surface area contributed by atoms with Gasteiger partial charge in [0.05, 0.1) is 17.7 Å². The van der Waals surface area contributed by atoms with Crippen molar-refractivity contribution in [2.75, 3.05) is 11.3 Å². The quantitative estimate of drug-likeness (QED) is 0.172. The number of carbonyl (C=O) groups excluding carboxylic acids is 3. The van der Waals surface area contributed by atoms with Crippen LogP contribution in [0.4, 0.5) is 23.7 Å². The third-order valence-electron chi connectivity index (χ3n) is 8.20. The minimum Gasteiger partial charge on any atom is -0.458 e. The monoisotopic (exact) mass is 701 g/mol. The van der Waals surface area contributed by atoms with Gasteiger partial charge in [0, 0.05) is 24.2 Å². The molecule has 3 aromatic rings. The molecule has 0 aliphatic carbocycles. The summed E-state index contributed by atoms with van der Waals surface area (Å²) in [6.45, 7) is 4.82. The molecule has 3 atom stereocenters. The number of alkyl carbamates (subject to hydrolysis) is 1. The largest absolute Gasteiger partial charge is 0.458 e. The van der Waals surface area contributed by atoms with Crippen molar-refractivity contribution in [2.24, 2.45) is 5.92 Å². The van der Waals surface area contributed by atoms with Gasteiger partial charge in [0.15, 0.2) is 5.03 Å². The van der Waals surface area contributed by atoms with Gasteiger partial charge >= 0.3 is 18.2 Å². The Balaban J connectivity index is 1.63. The summed E-state index contributed by atoms with van der Waals surface area (Å²) in [5.41, 5.74) is 0.668. The van der Waals surface area contributed by atoms with Crippen LogP contribution in [-0.2, 0) is 41.7 Å². The first-order valence-corrected chi connectivity index (χ1v) is 17.3. The number of hydrogen-bond donors (Lipinski definition) is 2. The van der Waals surface area contributed by atoms with E-state index in [4.69, 9.17) is 9.47 Å². The number of ether oxygens (including phenoxy) is 2. The maximum atomic E-state index is 13.8. The number of Topliss-reactive ketones (excluding diaryl/α,β-unsaturated/α-hetero) is 1. The molecule has 0 bridgehead atoms. The summed E-state index contributed by atoms with van der Waals surface area (Å²) >= 11 is 0. The molecule has 1 aliphatic rings. The average molecular weight is 702 g/mol. The fourth-order valence-corrected chi connectivity index (χ4v) is 6.66. The number of aromatic nitrogens is 1. The van der Waals surface area contributed by atoms with Gasteiger partial charge < -0.3 is 14.8 Å². The van der Waals surface area contributed by atoms with Crippen molar-refractivity contribution < 1.29 is 45.4 Å². The van der Waals surface area contributed by atoms with E-state index in [-0.39, 0.29) is 41.7 Å². The van der Waals surface area contributed by atoms with Crippen molar-refractivity contribution in [3.05, 3.63) is 101 Å². The van der Waals surface area contributed by atoms with Crippen LogP contribution in [0.25, 0.3) is 0 Å². The van der Waals surface area contributed by atoms with Crippen molar-refractivity contribution in [1.82, 2.24) is 10.3 Å². The molecule has 49 heavy (non-hydrogen) atoms. The van der Waals surface area contributed by atoms with E-state index in [1.54, 1.807) is 19.1 Å². The molecule has 1 amide bonds. The number of pyridine rings is 1. The molecular formula is C35H38F3N3O7S. The van der Waals surface area contributed by atoms with Crippen molar-refractivity contribution in [3.63, 3.8) is 0 Å². The second-order valence-corrected chi connectivity index (χ2v) is 13.3. The Morgan fingerprint density at radius 1 is 1.04 bits per heavy atom. The van der Waals surface area contributed by atoms with Gasteiger partial charge in [-0.25, -0.2) is 14.6 Å². The number of cyclic esters (lactones) is 1. The lowest BCUT2D eigenvalue weighted by molar-refractivity contribution is -0.150. The number of hydrogen-bond acceptors (Lipinski definition) is 8. The zero-order valence-corrected chi connectivity index (χ0v) is 28.1.